The summed E-state index contributed by atoms with van der Waals surface area (Å²) >= 11 is 0. The van der Waals surface area contributed by atoms with Crippen molar-refractivity contribution in [2.75, 3.05) is 12.3 Å². The molecule has 7 heteroatoms. The van der Waals surface area contributed by atoms with E-state index < -0.39 is 30.0 Å². The van der Waals surface area contributed by atoms with Crippen molar-refractivity contribution in [2.24, 2.45) is 5.92 Å². The number of rotatable bonds is 3. The molecule has 0 aromatic carbocycles. The van der Waals surface area contributed by atoms with Gasteiger partial charge in [0, 0.05) is 18.5 Å². The molecule has 102 valence electrons. The summed E-state index contributed by atoms with van der Waals surface area (Å²) in [6.07, 6.45) is 4.35. The van der Waals surface area contributed by atoms with Gasteiger partial charge >= 0.3 is 5.69 Å². The SMILES string of the molecule is C#CC[C@H]1[C@@H](O)[C@H](n2ccc(N)nc2=O)O[C@@H]1CO. The Balaban J connectivity index is 2.31. The predicted octanol–water partition coefficient (Wildman–Crippen LogP) is -1.28. The number of anilines is 1. The van der Waals surface area contributed by atoms with E-state index in [1.165, 1.54) is 12.3 Å². The van der Waals surface area contributed by atoms with Crippen LogP contribution in [0.15, 0.2) is 17.1 Å². The Labute approximate surface area is 109 Å². The highest BCUT2D eigenvalue weighted by atomic mass is 16.5. The molecule has 0 amide bonds. The average molecular weight is 265 g/mol. The van der Waals surface area contributed by atoms with Gasteiger partial charge in [-0.15, -0.1) is 12.3 Å². The van der Waals surface area contributed by atoms with E-state index in [2.05, 4.69) is 10.9 Å². The molecular weight excluding hydrogens is 250 g/mol. The highest BCUT2D eigenvalue weighted by Gasteiger charge is 2.44. The van der Waals surface area contributed by atoms with Crippen molar-refractivity contribution in [3.05, 3.63) is 22.7 Å². The number of hydrogen-bond donors (Lipinski definition) is 3. The number of aliphatic hydroxyl groups excluding tert-OH is 2. The molecule has 2 heterocycles. The monoisotopic (exact) mass is 265 g/mol. The fourth-order valence-electron chi connectivity index (χ4n) is 2.21. The summed E-state index contributed by atoms with van der Waals surface area (Å²) in [7, 11) is 0. The quantitative estimate of drug-likeness (QED) is 0.587. The van der Waals surface area contributed by atoms with E-state index in [0.717, 1.165) is 4.57 Å². The molecule has 2 rings (SSSR count). The second-order valence-electron chi connectivity index (χ2n) is 4.35. The van der Waals surface area contributed by atoms with Gasteiger partial charge in [0.15, 0.2) is 6.23 Å². The summed E-state index contributed by atoms with van der Waals surface area (Å²) in [4.78, 5) is 15.3. The maximum atomic E-state index is 11.7. The van der Waals surface area contributed by atoms with Crippen LogP contribution in [-0.4, -0.2) is 38.6 Å². The van der Waals surface area contributed by atoms with Crippen LogP contribution >= 0.6 is 0 Å². The molecule has 1 fully saturated rings. The zero-order chi connectivity index (χ0) is 14.0. The van der Waals surface area contributed by atoms with E-state index in [1.807, 2.05) is 0 Å². The van der Waals surface area contributed by atoms with Gasteiger partial charge in [-0.25, -0.2) is 4.79 Å². The summed E-state index contributed by atoms with van der Waals surface area (Å²) < 4.78 is 6.62. The first-order valence-electron chi connectivity index (χ1n) is 5.81. The normalized spacial score (nSPS) is 30.2. The Kier molecular flexibility index (Phi) is 3.85. The summed E-state index contributed by atoms with van der Waals surface area (Å²) in [6, 6.07) is 1.43. The molecule has 7 nitrogen and oxygen atoms in total. The van der Waals surface area contributed by atoms with Crippen LogP contribution in [0.25, 0.3) is 0 Å². The van der Waals surface area contributed by atoms with Gasteiger partial charge in [0.05, 0.1) is 12.7 Å². The second kappa shape index (κ2) is 5.40. The topological polar surface area (TPSA) is 111 Å². The fraction of sp³-hybridized carbons (Fsp3) is 0.500. The number of terminal acetylenes is 1. The molecule has 0 aliphatic carbocycles. The fourth-order valence-corrected chi connectivity index (χ4v) is 2.21. The standard InChI is InChI=1S/C12H15N3O4/c1-2-3-7-8(6-16)19-11(10(7)17)15-5-4-9(13)14-12(15)18/h1,4-5,7-8,10-11,16-17H,3,6H2,(H2,13,14,18)/t7-,8-,10-,11-/m1/s1. The Morgan fingerprint density at radius 3 is 2.95 bits per heavy atom. The maximum absolute atomic E-state index is 11.7. The Hall–Kier alpha value is -1.88. The summed E-state index contributed by atoms with van der Waals surface area (Å²) in [5.41, 5.74) is 4.77. The number of ether oxygens (including phenoxy) is 1. The second-order valence-corrected chi connectivity index (χ2v) is 4.35. The van der Waals surface area contributed by atoms with Crippen LogP contribution in [0, 0.1) is 18.3 Å². The molecule has 0 saturated carbocycles. The van der Waals surface area contributed by atoms with Crippen LogP contribution in [0.3, 0.4) is 0 Å². The largest absolute Gasteiger partial charge is 0.394 e. The lowest BCUT2D eigenvalue weighted by molar-refractivity contribution is -0.0534. The molecular formula is C12H15N3O4. The van der Waals surface area contributed by atoms with Crippen molar-refractivity contribution in [1.29, 1.82) is 0 Å². The van der Waals surface area contributed by atoms with E-state index in [4.69, 9.17) is 16.9 Å². The molecule has 0 radical (unpaired) electrons. The first-order chi connectivity index (χ1) is 9.08. The number of hydrogen-bond acceptors (Lipinski definition) is 6. The number of nitrogens with zero attached hydrogens (tertiary/aromatic N) is 2. The minimum atomic E-state index is -0.990. The van der Waals surface area contributed by atoms with Crippen LogP contribution in [0.4, 0.5) is 5.82 Å². The van der Waals surface area contributed by atoms with Crippen LogP contribution in [0.2, 0.25) is 0 Å². The van der Waals surface area contributed by atoms with Crippen molar-refractivity contribution < 1.29 is 14.9 Å². The van der Waals surface area contributed by atoms with E-state index in [-0.39, 0.29) is 18.8 Å². The van der Waals surface area contributed by atoms with Gasteiger partial charge in [-0.3, -0.25) is 4.57 Å². The lowest BCUT2D eigenvalue weighted by Gasteiger charge is -2.18. The molecule has 0 unspecified atom stereocenters. The molecule has 1 aromatic heterocycles. The number of aliphatic hydroxyl groups is 2. The van der Waals surface area contributed by atoms with Crippen molar-refractivity contribution in [3.8, 4) is 12.3 Å². The zero-order valence-electron chi connectivity index (χ0n) is 10.1. The first kappa shape index (κ1) is 13.5. The highest BCUT2D eigenvalue weighted by molar-refractivity contribution is 5.23. The van der Waals surface area contributed by atoms with E-state index in [0.29, 0.717) is 0 Å². The Bertz CT molecular complexity index is 551. The molecule has 1 saturated heterocycles. The van der Waals surface area contributed by atoms with Gasteiger partial charge < -0.3 is 20.7 Å². The van der Waals surface area contributed by atoms with Crippen molar-refractivity contribution in [2.45, 2.75) is 24.9 Å². The van der Waals surface area contributed by atoms with E-state index in [9.17, 15) is 15.0 Å². The van der Waals surface area contributed by atoms with Gasteiger partial charge in [0.2, 0.25) is 0 Å². The van der Waals surface area contributed by atoms with E-state index >= 15 is 0 Å². The third-order valence-corrected chi connectivity index (χ3v) is 3.18. The Morgan fingerprint density at radius 1 is 1.63 bits per heavy atom. The molecule has 0 bridgehead atoms. The predicted molar refractivity (Wildman–Crippen MR) is 66.9 cm³/mol. The van der Waals surface area contributed by atoms with Crippen LogP contribution in [-0.2, 0) is 4.74 Å². The molecule has 1 aliphatic heterocycles. The number of nitrogens with two attached hydrogens (primary N) is 1. The van der Waals surface area contributed by atoms with Crippen LogP contribution in [0.5, 0.6) is 0 Å². The van der Waals surface area contributed by atoms with Gasteiger partial charge in [-0.2, -0.15) is 4.98 Å². The molecule has 19 heavy (non-hydrogen) atoms. The van der Waals surface area contributed by atoms with Crippen molar-refractivity contribution in [1.82, 2.24) is 9.55 Å². The van der Waals surface area contributed by atoms with Crippen molar-refractivity contribution >= 4 is 5.82 Å². The lowest BCUT2D eigenvalue weighted by Crippen LogP contribution is -2.33. The minimum absolute atomic E-state index is 0.0904. The average Bonchev–Trinajstić information content (AvgIpc) is 2.68. The molecule has 1 aliphatic rings. The van der Waals surface area contributed by atoms with Crippen molar-refractivity contribution in [3.63, 3.8) is 0 Å². The van der Waals surface area contributed by atoms with Crippen LogP contribution < -0.4 is 11.4 Å². The highest BCUT2D eigenvalue weighted by Crippen LogP contribution is 2.34. The van der Waals surface area contributed by atoms with Gasteiger partial charge in [0.1, 0.15) is 11.9 Å². The van der Waals surface area contributed by atoms with Gasteiger partial charge in [-0.1, -0.05) is 0 Å². The third-order valence-electron chi connectivity index (χ3n) is 3.18. The molecule has 4 atom stereocenters. The lowest BCUT2D eigenvalue weighted by atomic mass is 9.95. The van der Waals surface area contributed by atoms with Crippen LogP contribution in [0.1, 0.15) is 12.6 Å². The van der Waals surface area contributed by atoms with Gasteiger partial charge in [-0.05, 0) is 6.07 Å². The smallest absolute Gasteiger partial charge is 0.351 e. The number of nitrogen functional groups attached to an aromatic ring is 1. The summed E-state index contributed by atoms with van der Waals surface area (Å²) in [5.74, 6) is 2.09. The number of aromatic nitrogens is 2. The molecule has 0 spiro atoms. The summed E-state index contributed by atoms with van der Waals surface area (Å²) in [5, 5.41) is 19.4. The zero-order valence-corrected chi connectivity index (χ0v) is 10.1. The Morgan fingerprint density at radius 2 is 2.37 bits per heavy atom. The molecule has 4 N–H and O–H groups in total. The van der Waals surface area contributed by atoms with E-state index in [1.54, 1.807) is 0 Å². The third kappa shape index (κ3) is 2.46. The first-order valence-corrected chi connectivity index (χ1v) is 5.81. The van der Waals surface area contributed by atoms with Gasteiger partial charge in [0.25, 0.3) is 0 Å². The minimum Gasteiger partial charge on any atom is -0.394 e. The summed E-state index contributed by atoms with van der Waals surface area (Å²) in [6.45, 7) is -0.281. The molecule has 1 aromatic rings. The maximum Gasteiger partial charge on any atom is 0.351 e.